The van der Waals surface area contributed by atoms with Gasteiger partial charge in [-0.2, -0.15) is 16.3 Å². The summed E-state index contributed by atoms with van der Waals surface area (Å²) in [6.45, 7) is 3.47. The predicted molar refractivity (Wildman–Crippen MR) is 112 cm³/mol. The molecule has 1 nitrogen and oxygen atoms in total. The molecule has 140 valence electrons. The van der Waals surface area contributed by atoms with Crippen molar-refractivity contribution in [3.63, 3.8) is 0 Å². The summed E-state index contributed by atoms with van der Waals surface area (Å²) >= 11 is 3.90. The largest absolute Gasteiger partial charge is 0.224 e. The molecule has 1 aromatic rings. The zero-order valence-electron chi connectivity index (χ0n) is 16.0. The number of thiazole rings is 1. The Morgan fingerprint density at radius 3 is 1.75 bits per heavy atom. The molecule has 0 spiro atoms. The van der Waals surface area contributed by atoms with Gasteiger partial charge in [-0.3, -0.25) is 0 Å². The van der Waals surface area contributed by atoms with E-state index in [9.17, 15) is 0 Å². The summed E-state index contributed by atoms with van der Waals surface area (Å²) in [5.74, 6) is 2.61. The summed E-state index contributed by atoms with van der Waals surface area (Å²) in [5.41, 5.74) is 2.20. The first kappa shape index (κ1) is 22.0. The molecule has 0 N–H and O–H groups in total. The van der Waals surface area contributed by atoms with E-state index in [1.54, 1.807) is 11.3 Å². The average molecular weight is 371 g/mol. The average Bonchev–Trinajstić information content (AvgIpc) is 3.11. The van der Waals surface area contributed by atoms with Gasteiger partial charge in [0.15, 0.2) is 12.7 Å². The lowest BCUT2D eigenvalue weighted by Gasteiger charge is -2.03. The van der Waals surface area contributed by atoms with Crippen molar-refractivity contribution in [1.29, 1.82) is 0 Å². The molecule has 0 aliphatic heterocycles. The second kappa shape index (κ2) is 17.8. The standard InChI is InChI=1S/C21H40NS2/c1-2-3-4-5-6-7-8-9-10-11-12-13-14-15-18-23-19-16-22-17-20-24-21-22/h17,20-21H,2-16,18-19H2,1H3/q+1. The van der Waals surface area contributed by atoms with E-state index in [1.165, 1.54) is 108 Å². The molecule has 0 bridgehead atoms. The van der Waals surface area contributed by atoms with Gasteiger partial charge in [0, 0.05) is 0 Å². The van der Waals surface area contributed by atoms with Crippen LogP contribution in [-0.2, 0) is 6.54 Å². The molecule has 3 heteroatoms. The highest BCUT2D eigenvalue weighted by Crippen LogP contribution is 2.13. The van der Waals surface area contributed by atoms with Gasteiger partial charge in [0.05, 0.1) is 11.1 Å². The molecule has 0 saturated heterocycles. The number of hydrogen-bond acceptors (Lipinski definition) is 2. The Bertz CT molecular complexity index is 338. The van der Waals surface area contributed by atoms with Gasteiger partial charge in [0.25, 0.3) is 0 Å². The van der Waals surface area contributed by atoms with Gasteiger partial charge in [-0.15, -0.1) is 0 Å². The van der Waals surface area contributed by atoms with Crippen molar-refractivity contribution in [2.75, 3.05) is 11.5 Å². The van der Waals surface area contributed by atoms with Crippen LogP contribution < -0.4 is 4.57 Å². The summed E-state index contributed by atoms with van der Waals surface area (Å²) in [6.07, 6.45) is 22.5. The molecule has 24 heavy (non-hydrogen) atoms. The Labute approximate surface area is 159 Å². The maximum Gasteiger partial charge on any atom is 0.224 e. The monoisotopic (exact) mass is 370 g/mol. The van der Waals surface area contributed by atoms with Crippen LogP contribution in [0.25, 0.3) is 0 Å². The Hall–Kier alpha value is -0.0200. The number of thioether (sulfide) groups is 1. The number of nitrogens with zero attached hydrogens (tertiary/aromatic N) is 1. The molecule has 0 saturated carbocycles. The molecule has 1 rings (SSSR count). The first-order valence-electron chi connectivity index (χ1n) is 10.4. The second-order valence-corrected chi connectivity index (χ2v) is 8.95. The molecule has 1 aromatic heterocycles. The quantitative estimate of drug-likeness (QED) is 0.194. The molecule has 0 aliphatic carbocycles. The van der Waals surface area contributed by atoms with Crippen molar-refractivity contribution < 1.29 is 4.57 Å². The third-order valence-corrected chi connectivity index (χ3v) is 6.38. The van der Waals surface area contributed by atoms with Crippen LogP contribution in [0, 0.1) is 0 Å². The van der Waals surface area contributed by atoms with E-state index >= 15 is 0 Å². The summed E-state index contributed by atoms with van der Waals surface area (Å²) < 4.78 is 2.29. The minimum atomic E-state index is 1.17. The van der Waals surface area contributed by atoms with Gasteiger partial charge in [-0.1, -0.05) is 102 Å². The third-order valence-electron chi connectivity index (χ3n) is 4.66. The van der Waals surface area contributed by atoms with E-state index < -0.39 is 0 Å². The third kappa shape index (κ3) is 14.3. The first-order chi connectivity index (χ1) is 11.9. The smallest absolute Gasteiger partial charge is 0.195 e. The molecule has 0 radical (unpaired) electrons. The van der Waals surface area contributed by atoms with Gasteiger partial charge < -0.3 is 0 Å². The molecular weight excluding hydrogens is 330 g/mol. The van der Waals surface area contributed by atoms with Crippen molar-refractivity contribution >= 4 is 23.1 Å². The lowest BCUT2D eigenvalue weighted by atomic mass is 10.0. The van der Waals surface area contributed by atoms with Crippen LogP contribution in [0.4, 0.5) is 0 Å². The zero-order chi connectivity index (χ0) is 17.1. The van der Waals surface area contributed by atoms with Crippen LogP contribution in [-0.4, -0.2) is 11.5 Å². The van der Waals surface area contributed by atoms with E-state index in [0.29, 0.717) is 0 Å². The van der Waals surface area contributed by atoms with Gasteiger partial charge in [-0.05, 0) is 12.2 Å². The van der Waals surface area contributed by atoms with Crippen LogP contribution in [0.3, 0.4) is 0 Å². The molecule has 1 heterocycles. The summed E-state index contributed by atoms with van der Waals surface area (Å²) in [6, 6.07) is 0. The SMILES string of the molecule is CCCCCCCCCCCCCCCCSCC[n+]1ccsc1. The van der Waals surface area contributed by atoms with Crippen molar-refractivity contribution in [2.45, 2.75) is 103 Å². The van der Waals surface area contributed by atoms with E-state index in [1.807, 2.05) is 0 Å². The molecule has 0 atom stereocenters. The maximum atomic E-state index is 2.30. The van der Waals surface area contributed by atoms with Crippen LogP contribution in [0.2, 0.25) is 0 Å². The van der Waals surface area contributed by atoms with Gasteiger partial charge in [0.2, 0.25) is 5.51 Å². The van der Waals surface area contributed by atoms with Crippen LogP contribution >= 0.6 is 23.1 Å². The number of rotatable bonds is 18. The van der Waals surface area contributed by atoms with Gasteiger partial charge in [-0.25, -0.2) is 0 Å². The highest BCUT2D eigenvalue weighted by molar-refractivity contribution is 7.99. The number of aryl methyl sites for hydroxylation is 1. The first-order valence-corrected chi connectivity index (χ1v) is 12.5. The minimum Gasteiger partial charge on any atom is -0.195 e. The van der Waals surface area contributed by atoms with E-state index in [4.69, 9.17) is 0 Å². The fourth-order valence-electron chi connectivity index (χ4n) is 3.06. The molecule has 0 fully saturated rings. The van der Waals surface area contributed by atoms with Crippen LogP contribution in [0.5, 0.6) is 0 Å². The number of hydrogen-bond donors (Lipinski definition) is 0. The Morgan fingerprint density at radius 1 is 0.708 bits per heavy atom. The van der Waals surface area contributed by atoms with E-state index in [0.717, 1.165) is 0 Å². The summed E-state index contributed by atoms with van der Waals surface area (Å²) in [5, 5.41) is 2.15. The van der Waals surface area contributed by atoms with Gasteiger partial charge in [0.1, 0.15) is 0 Å². The fraction of sp³-hybridized carbons (Fsp3) is 0.857. The fourth-order valence-corrected chi connectivity index (χ4v) is 4.64. The summed E-state index contributed by atoms with van der Waals surface area (Å²) in [7, 11) is 0. The topological polar surface area (TPSA) is 3.88 Å². The lowest BCUT2D eigenvalue weighted by Crippen LogP contribution is -2.31. The van der Waals surface area contributed by atoms with Crippen molar-refractivity contribution in [3.8, 4) is 0 Å². The Kier molecular flexibility index (Phi) is 16.3. The Morgan fingerprint density at radius 2 is 1.25 bits per heavy atom. The highest BCUT2D eigenvalue weighted by atomic mass is 32.2. The van der Waals surface area contributed by atoms with Crippen molar-refractivity contribution in [1.82, 2.24) is 0 Å². The van der Waals surface area contributed by atoms with Gasteiger partial charge >= 0.3 is 0 Å². The normalized spacial score (nSPS) is 11.2. The van der Waals surface area contributed by atoms with E-state index in [-0.39, 0.29) is 0 Å². The molecule has 0 amide bonds. The van der Waals surface area contributed by atoms with Crippen LogP contribution in [0.15, 0.2) is 17.1 Å². The highest BCUT2D eigenvalue weighted by Gasteiger charge is 1.99. The summed E-state index contributed by atoms with van der Waals surface area (Å²) in [4.78, 5) is 0. The maximum absolute atomic E-state index is 2.30. The van der Waals surface area contributed by atoms with Crippen molar-refractivity contribution in [2.24, 2.45) is 0 Å². The zero-order valence-corrected chi connectivity index (χ0v) is 17.6. The van der Waals surface area contributed by atoms with E-state index in [2.05, 4.69) is 40.3 Å². The lowest BCUT2D eigenvalue weighted by molar-refractivity contribution is -0.687. The molecule has 0 aliphatic rings. The predicted octanol–water partition coefficient (Wildman–Crippen LogP) is 7.25. The minimum absolute atomic E-state index is 1.17. The van der Waals surface area contributed by atoms with Crippen LogP contribution in [0.1, 0.15) is 96.8 Å². The number of aromatic nitrogens is 1. The Balaban J connectivity index is 1.66. The molecule has 0 aromatic carbocycles. The molecular formula is C21H40NS2+. The number of unbranched alkanes of at least 4 members (excludes halogenated alkanes) is 13. The second-order valence-electron chi connectivity index (χ2n) is 6.97. The van der Waals surface area contributed by atoms with Crippen molar-refractivity contribution in [3.05, 3.63) is 17.1 Å². The molecule has 0 unspecified atom stereocenters.